The molecule has 1 aliphatic heterocycles. The highest BCUT2D eigenvalue weighted by molar-refractivity contribution is 6.35. The van der Waals surface area contributed by atoms with Crippen LogP contribution in [0.1, 0.15) is 40.6 Å². The first kappa shape index (κ1) is 25.9. The second kappa shape index (κ2) is 11.1. The van der Waals surface area contributed by atoms with Crippen molar-refractivity contribution in [2.24, 2.45) is 10.9 Å². The zero-order valence-electron chi connectivity index (χ0n) is 22.3. The Morgan fingerprint density at radius 1 is 0.878 bits per heavy atom. The van der Waals surface area contributed by atoms with Crippen molar-refractivity contribution in [3.63, 3.8) is 0 Å². The number of halogens is 2. The smallest absolute Gasteiger partial charge is 0.129 e. The predicted octanol–water partition coefficient (Wildman–Crippen LogP) is 10.3. The van der Waals surface area contributed by atoms with Crippen molar-refractivity contribution in [1.82, 2.24) is 0 Å². The zero-order chi connectivity index (χ0) is 27.8. The van der Waals surface area contributed by atoms with Gasteiger partial charge in [-0.3, -0.25) is 4.99 Å². The minimum Gasteiger partial charge on any atom is -0.488 e. The van der Waals surface area contributed by atoms with Crippen molar-refractivity contribution in [2.45, 2.75) is 25.0 Å². The van der Waals surface area contributed by atoms with Crippen molar-refractivity contribution in [1.29, 1.82) is 0 Å². The highest BCUT2D eigenvalue weighted by Gasteiger charge is 2.37. The van der Waals surface area contributed by atoms with Crippen LogP contribution in [-0.2, 0) is 6.61 Å². The molecule has 0 saturated heterocycles. The molecule has 5 aromatic carbocycles. The number of anilines is 1. The number of rotatable bonds is 6. The third-order valence-electron chi connectivity index (χ3n) is 8.20. The Morgan fingerprint density at radius 3 is 2.59 bits per heavy atom. The maximum absolute atomic E-state index is 6.40. The summed E-state index contributed by atoms with van der Waals surface area (Å²) in [5, 5.41) is 7.21. The van der Waals surface area contributed by atoms with E-state index in [9.17, 15) is 0 Å². The highest BCUT2D eigenvalue weighted by Crippen LogP contribution is 2.49. The molecule has 0 spiro atoms. The largest absolute Gasteiger partial charge is 0.488 e. The van der Waals surface area contributed by atoms with Gasteiger partial charge in [-0.05, 0) is 70.6 Å². The van der Waals surface area contributed by atoms with Crippen LogP contribution in [0.25, 0.3) is 10.8 Å². The quantitative estimate of drug-likeness (QED) is 0.161. The summed E-state index contributed by atoms with van der Waals surface area (Å²) in [4.78, 5) is 4.88. The van der Waals surface area contributed by atoms with Gasteiger partial charge in [0.15, 0.2) is 0 Å². The summed E-state index contributed by atoms with van der Waals surface area (Å²) in [7, 11) is 0. The average Bonchev–Trinajstić information content (AvgIpc) is 3.50. The molecular formula is C36H28Cl2N2O. The van der Waals surface area contributed by atoms with Crippen molar-refractivity contribution in [3.05, 3.63) is 148 Å². The molecule has 41 heavy (non-hydrogen) atoms. The van der Waals surface area contributed by atoms with Crippen LogP contribution < -0.4 is 10.1 Å². The van der Waals surface area contributed by atoms with E-state index in [1.807, 2.05) is 36.5 Å². The lowest BCUT2D eigenvalue weighted by atomic mass is 9.77. The molecule has 1 N–H and O–H groups in total. The lowest BCUT2D eigenvalue weighted by Gasteiger charge is -2.37. The Kier molecular flexibility index (Phi) is 7.00. The Hall–Kier alpha value is -4.05. The van der Waals surface area contributed by atoms with E-state index < -0.39 is 0 Å². The predicted molar refractivity (Wildman–Crippen MR) is 171 cm³/mol. The first-order valence-electron chi connectivity index (χ1n) is 13.9. The minimum absolute atomic E-state index is 0.265. The highest BCUT2D eigenvalue weighted by atomic mass is 35.5. The fourth-order valence-corrected chi connectivity index (χ4v) is 6.57. The molecule has 0 radical (unpaired) electrons. The van der Waals surface area contributed by atoms with E-state index in [4.69, 9.17) is 32.9 Å². The molecule has 3 atom stereocenters. The van der Waals surface area contributed by atoms with Crippen LogP contribution in [-0.4, -0.2) is 6.21 Å². The normalized spacial score (nSPS) is 19.2. The molecule has 0 fully saturated rings. The third-order valence-corrected chi connectivity index (χ3v) is 8.78. The number of fused-ring (bicyclic) bond motifs is 4. The van der Waals surface area contributed by atoms with Gasteiger partial charge in [-0.25, -0.2) is 0 Å². The van der Waals surface area contributed by atoms with E-state index >= 15 is 0 Å². The second-order valence-electron chi connectivity index (χ2n) is 10.6. The SMILES string of the molecule is Clc1ccc(COc2ccc3ccccc3c2C=Nc2ccc([C@@H]3Nc4ccccc4[C@H]4C=CC[C@H]43)cc2)c(Cl)c1. The van der Waals surface area contributed by atoms with E-state index in [1.165, 1.54) is 16.8 Å². The van der Waals surface area contributed by atoms with Crippen LogP contribution in [0.2, 0.25) is 10.0 Å². The number of allylic oxidation sites excluding steroid dienone is 2. The molecule has 2 aliphatic rings. The Labute approximate surface area is 250 Å². The Morgan fingerprint density at radius 2 is 1.71 bits per heavy atom. The fourth-order valence-electron chi connectivity index (χ4n) is 6.11. The van der Waals surface area contributed by atoms with Crippen LogP contribution in [0, 0.1) is 5.92 Å². The number of ether oxygens (including phenoxy) is 1. The number of aliphatic imine (C=N–C) groups is 1. The minimum atomic E-state index is 0.265. The van der Waals surface area contributed by atoms with Crippen molar-refractivity contribution < 1.29 is 4.74 Å². The maximum Gasteiger partial charge on any atom is 0.129 e. The van der Waals surface area contributed by atoms with Crippen LogP contribution in [0.4, 0.5) is 11.4 Å². The van der Waals surface area contributed by atoms with Gasteiger partial charge < -0.3 is 10.1 Å². The summed E-state index contributed by atoms with van der Waals surface area (Å²) in [6.07, 6.45) is 7.69. The zero-order valence-corrected chi connectivity index (χ0v) is 23.8. The monoisotopic (exact) mass is 574 g/mol. The molecule has 1 heterocycles. The Balaban J connectivity index is 1.15. The van der Waals surface area contributed by atoms with E-state index in [2.05, 4.69) is 84.2 Å². The molecule has 0 unspecified atom stereocenters. The number of para-hydroxylation sites is 1. The molecular weight excluding hydrogens is 547 g/mol. The molecule has 202 valence electrons. The molecule has 0 amide bonds. The van der Waals surface area contributed by atoms with Crippen molar-refractivity contribution in [2.75, 3.05) is 5.32 Å². The number of nitrogens with one attached hydrogen (secondary N) is 1. The summed E-state index contributed by atoms with van der Waals surface area (Å²) in [5.74, 6) is 1.73. The number of nitrogens with zero attached hydrogens (tertiary/aromatic N) is 1. The number of benzene rings is 5. The lowest BCUT2D eigenvalue weighted by Crippen LogP contribution is -2.28. The standard InChI is InChI=1S/C36H28Cl2N2O/c37-26-16-12-25(33(38)20-26)22-41-35-19-15-23-6-1-2-7-28(23)32(35)21-39-27-17-13-24(14-18-27)36-31-10-5-9-29(31)30-8-3-4-11-34(30)40-36/h1-9,11-21,29,31,36,40H,10,22H2/t29-,31-,36+/m1/s1. The van der Waals surface area contributed by atoms with Crippen LogP contribution in [0.15, 0.2) is 120 Å². The van der Waals surface area contributed by atoms with Crippen molar-refractivity contribution in [3.8, 4) is 5.75 Å². The molecule has 0 bridgehead atoms. The second-order valence-corrected chi connectivity index (χ2v) is 11.5. The first-order valence-corrected chi connectivity index (χ1v) is 14.6. The molecule has 5 aromatic rings. The third kappa shape index (κ3) is 5.12. The maximum atomic E-state index is 6.40. The van der Waals surface area contributed by atoms with Crippen LogP contribution in [0.3, 0.4) is 0 Å². The fraction of sp³-hybridized carbons (Fsp3) is 0.139. The molecule has 5 heteroatoms. The van der Waals surface area contributed by atoms with E-state index in [-0.39, 0.29) is 6.04 Å². The van der Waals surface area contributed by atoms with Gasteiger partial charge in [-0.1, -0.05) is 102 Å². The number of hydrogen-bond donors (Lipinski definition) is 1. The Bertz CT molecular complexity index is 1790. The van der Waals surface area contributed by atoms with Gasteiger partial charge in [0.25, 0.3) is 0 Å². The van der Waals surface area contributed by atoms with Gasteiger partial charge in [-0.15, -0.1) is 0 Å². The van der Waals surface area contributed by atoms with Gasteiger partial charge in [-0.2, -0.15) is 0 Å². The summed E-state index contributed by atoms with van der Waals surface area (Å²) < 4.78 is 6.27. The van der Waals surface area contributed by atoms with Gasteiger partial charge in [0.2, 0.25) is 0 Å². The average molecular weight is 576 g/mol. The van der Waals surface area contributed by atoms with E-state index in [1.54, 1.807) is 6.07 Å². The van der Waals surface area contributed by atoms with E-state index in [0.717, 1.165) is 39.8 Å². The molecule has 7 rings (SSSR count). The molecule has 0 aromatic heterocycles. The van der Waals surface area contributed by atoms with Gasteiger partial charge >= 0.3 is 0 Å². The van der Waals surface area contributed by atoms with Gasteiger partial charge in [0.1, 0.15) is 12.4 Å². The van der Waals surface area contributed by atoms with Gasteiger partial charge in [0.05, 0.1) is 11.7 Å². The summed E-state index contributed by atoms with van der Waals surface area (Å²) >= 11 is 12.5. The summed E-state index contributed by atoms with van der Waals surface area (Å²) in [5.41, 5.74) is 6.62. The topological polar surface area (TPSA) is 33.6 Å². The summed E-state index contributed by atoms with van der Waals surface area (Å²) in [6, 6.07) is 35.3. The first-order chi connectivity index (χ1) is 20.1. The summed E-state index contributed by atoms with van der Waals surface area (Å²) in [6.45, 7) is 0.332. The van der Waals surface area contributed by atoms with Crippen LogP contribution >= 0.6 is 23.2 Å². The lowest BCUT2D eigenvalue weighted by molar-refractivity contribution is 0.306. The van der Waals surface area contributed by atoms with Crippen LogP contribution in [0.5, 0.6) is 5.75 Å². The molecule has 1 aliphatic carbocycles. The molecule has 0 saturated carbocycles. The molecule has 3 nitrogen and oxygen atoms in total. The van der Waals surface area contributed by atoms with Crippen molar-refractivity contribution >= 4 is 51.6 Å². The number of hydrogen-bond acceptors (Lipinski definition) is 3. The van der Waals surface area contributed by atoms with E-state index in [0.29, 0.717) is 28.5 Å². The van der Waals surface area contributed by atoms with Gasteiger partial charge in [0, 0.05) is 39.0 Å².